The van der Waals surface area contributed by atoms with E-state index in [-0.39, 0.29) is 17.8 Å². The first kappa shape index (κ1) is 18.2. The number of hydrogen-bond acceptors (Lipinski definition) is 3. The van der Waals surface area contributed by atoms with Crippen LogP contribution in [0.3, 0.4) is 0 Å². The fourth-order valence-corrected chi connectivity index (χ4v) is 2.56. The minimum Gasteiger partial charge on any atom is -0.427 e. The van der Waals surface area contributed by atoms with E-state index in [4.69, 9.17) is 10.5 Å². The van der Waals surface area contributed by atoms with Crippen molar-refractivity contribution in [3.8, 4) is 5.75 Å². The van der Waals surface area contributed by atoms with Gasteiger partial charge in [0.25, 0.3) is 0 Å². The maximum absolute atomic E-state index is 11.7. The first-order valence-electron chi connectivity index (χ1n) is 8.12. The van der Waals surface area contributed by atoms with E-state index in [1.165, 1.54) is 32.6 Å². The molecule has 0 bridgehead atoms. The third kappa shape index (κ3) is 6.74. The van der Waals surface area contributed by atoms with Crippen LogP contribution in [-0.4, -0.2) is 11.9 Å². The van der Waals surface area contributed by atoms with Crippen LogP contribution in [0.2, 0.25) is 0 Å². The topological polar surface area (TPSA) is 69.4 Å². The molecule has 1 rings (SSSR count). The van der Waals surface area contributed by atoms with Crippen molar-refractivity contribution in [1.82, 2.24) is 0 Å². The first-order valence-corrected chi connectivity index (χ1v) is 8.12. The van der Waals surface area contributed by atoms with Crippen molar-refractivity contribution in [2.24, 2.45) is 5.73 Å². The third-order valence-electron chi connectivity index (χ3n) is 3.71. The molecule has 0 aliphatic heterocycles. The highest BCUT2D eigenvalue weighted by molar-refractivity contribution is 5.82. The van der Waals surface area contributed by atoms with Gasteiger partial charge in [-0.15, -0.1) is 0 Å². The molecule has 4 nitrogen and oxygen atoms in total. The molecular formula is C18H27NO3. The summed E-state index contributed by atoms with van der Waals surface area (Å²) in [6.07, 6.45) is 7.79. The smallest absolute Gasteiger partial charge is 0.308 e. The summed E-state index contributed by atoms with van der Waals surface area (Å²) in [4.78, 5) is 22.7. The van der Waals surface area contributed by atoms with Crippen molar-refractivity contribution in [2.75, 3.05) is 0 Å². The van der Waals surface area contributed by atoms with E-state index >= 15 is 0 Å². The number of esters is 1. The summed E-state index contributed by atoms with van der Waals surface area (Å²) in [5.41, 5.74) is 6.36. The lowest BCUT2D eigenvalue weighted by Crippen LogP contribution is -2.21. The van der Waals surface area contributed by atoms with E-state index in [1.54, 1.807) is 18.2 Å². The fourth-order valence-electron chi connectivity index (χ4n) is 2.56. The molecule has 0 saturated heterocycles. The molecule has 0 fully saturated rings. The van der Waals surface area contributed by atoms with Gasteiger partial charge in [-0.1, -0.05) is 57.6 Å². The van der Waals surface area contributed by atoms with Gasteiger partial charge in [-0.3, -0.25) is 9.59 Å². The van der Waals surface area contributed by atoms with Gasteiger partial charge in [0.1, 0.15) is 5.75 Å². The zero-order valence-corrected chi connectivity index (χ0v) is 13.6. The van der Waals surface area contributed by atoms with E-state index in [0.717, 1.165) is 24.8 Å². The number of carbonyl (C=O) groups is 2. The molecule has 1 aromatic rings. The summed E-state index contributed by atoms with van der Waals surface area (Å²) in [5.74, 6) is -0.557. The lowest BCUT2D eigenvalue weighted by molar-refractivity contribution is -0.131. The summed E-state index contributed by atoms with van der Waals surface area (Å²) < 4.78 is 5.06. The van der Waals surface area contributed by atoms with E-state index in [0.29, 0.717) is 5.75 Å². The minimum absolute atomic E-state index is 0.318. The summed E-state index contributed by atoms with van der Waals surface area (Å²) >= 11 is 0. The molecule has 2 N–H and O–H groups in total. The van der Waals surface area contributed by atoms with Crippen LogP contribution in [0, 0.1) is 0 Å². The summed E-state index contributed by atoms with van der Waals surface area (Å²) in [7, 11) is 0. The molecule has 0 saturated carbocycles. The Labute approximate surface area is 133 Å². The van der Waals surface area contributed by atoms with E-state index in [1.807, 2.05) is 6.07 Å². The number of nitrogens with two attached hydrogens (primary N) is 1. The van der Waals surface area contributed by atoms with Crippen molar-refractivity contribution >= 4 is 11.9 Å². The number of ether oxygens (including phenoxy) is 1. The van der Waals surface area contributed by atoms with Gasteiger partial charge in [0, 0.05) is 6.92 Å². The maximum Gasteiger partial charge on any atom is 0.308 e. The van der Waals surface area contributed by atoms with Crippen LogP contribution < -0.4 is 10.5 Å². The normalized spacial score (nSPS) is 11.9. The van der Waals surface area contributed by atoms with Gasteiger partial charge in [-0.05, 0) is 24.1 Å². The van der Waals surface area contributed by atoms with Crippen LogP contribution in [0.4, 0.5) is 0 Å². The zero-order chi connectivity index (χ0) is 16.4. The van der Waals surface area contributed by atoms with Crippen LogP contribution >= 0.6 is 0 Å². The molecule has 1 aromatic carbocycles. The van der Waals surface area contributed by atoms with Gasteiger partial charge >= 0.3 is 5.97 Å². The molecule has 1 atom stereocenters. The average Bonchev–Trinajstić information content (AvgIpc) is 2.45. The molecule has 0 aliphatic rings. The number of rotatable bonds is 10. The van der Waals surface area contributed by atoms with E-state index < -0.39 is 0 Å². The largest absolute Gasteiger partial charge is 0.427 e. The van der Waals surface area contributed by atoms with Crippen molar-refractivity contribution in [2.45, 2.75) is 64.7 Å². The van der Waals surface area contributed by atoms with Crippen LogP contribution in [-0.2, 0) is 9.59 Å². The maximum atomic E-state index is 11.7. The molecule has 0 heterocycles. The van der Waals surface area contributed by atoms with E-state index in [9.17, 15) is 9.59 Å². The SMILES string of the molecule is CCCCCCCCC(C(N)=O)c1cccc(OC(C)=O)c1. The van der Waals surface area contributed by atoms with Crippen molar-refractivity contribution < 1.29 is 14.3 Å². The summed E-state index contributed by atoms with van der Waals surface area (Å²) in [6, 6.07) is 7.08. The number of carbonyl (C=O) groups excluding carboxylic acids is 2. The standard InChI is InChI=1S/C18H27NO3/c1-3-4-5-6-7-8-12-17(18(19)21)15-10-9-11-16(13-15)22-14(2)20/h9-11,13,17H,3-8,12H2,1-2H3,(H2,19,21). The second-order valence-electron chi connectivity index (χ2n) is 5.68. The highest BCUT2D eigenvalue weighted by Gasteiger charge is 2.18. The third-order valence-corrected chi connectivity index (χ3v) is 3.71. The van der Waals surface area contributed by atoms with Gasteiger partial charge in [-0.25, -0.2) is 0 Å². The minimum atomic E-state index is -0.372. The predicted molar refractivity (Wildman–Crippen MR) is 87.7 cm³/mol. The molecule has 4 heteroatoms. The number of hydrogen-bond donors (Lipinski definition) is 1. The van der Waals surface area contributed by atoms with Crippen LogP contribution in [0.1, 0.15) is 70.3 Å². The molecule has 0 spiro atoms. The van der Waals surface area contributed by atoms with Crippen LogP contribution in [0.15, 0.2) is 24.3 Å². The number of benzene rings is 1. The van der Waals surface area contributed by atoms with Crippen molar-refractivity contribution in [1.29, 1.82) is 0 Å². The summed E-state index contributed by atoms with van der Waals surface area (Å²) in [6.45, 7) is 3.55. The Morgan fingerprint density at radius 3 is 2.45 bits per heavy atom. The van der Waals surface area contributed by atoms with Gasteiger partial charge in [0.05, 0.1) is 5.92 Å². The molecule has 0 radical (unpaired) electrons. The highest BCUT2D eigenvalue weighted by Crippen LogP contribution is 2.26. The second-order valence-corrected chi connectivity index (χ2v) is 5.68. The lowest BCUT2D eigenvalue weighted by atomic mass is 9.92. The Morgan fingerprint density at radius 1 is 1.14 bits per heavy atom. The number of primary amides is 1. The number of amides is 1. The highest BCUT2D eigenvalue weighted by atomic mass is 16.5. The zero-order valence-electron chi connectivity index (χ0n) is 13.6. The quantitative estimate of drug-likeness (QED) is 0.404. The second kappa shape index (κ2) is 9.98. The van der Waals surface area contributed by atoms with Gasteiger partial charge in [0.15, 0.2) is 0 Å². The summed E-state index contributed by atoms with van der Waals surface area (Å²) in [5, 5.41) is 0. The molecule has 122 valence electrons. The van der Waals surface area contributed by atoms with Crippen LogP contribution in [0.25, 0.3) is 0 Å². The van der Waals surface area contributed by atoms with Crippen LogP contribution in [0.5, 0.6) is 5.75 Å². The molecular weight excluding hydrogens is 278 g/mol. The fraction of sp³-hybridized carbons (Fsp3) is 0.556. The van der Waals surface area contributed by atoms with Crippen molar-refractivity contribution in [3.05, 3.63) is 29.8 Å². The molecule has 0 aliphatic carbocycles. The first-order chi connectivity index (χ1) is 10.5. The Hall–Kier alpha value is -1.84. The van der Waals surface area contributed by atoms with E-state index in [2.05, 4.69) is 6.92 Å². The van der Waals surface area contributed by atoms with Gasteiger partial charge in [-0.2, -0.15) is 0 Å². The Kier molecular flexibility index (Phi) is 8.26. The molecule has 1 amide bonds. The molecule has 1 unspecified atom stereocenters. The Morgan fingerprint density at radius 2 is 1.82 bits per heavy atom. The number of unbranched alkanes of at least 4 members (excludes halogenated alkanes) is 5. The van der Waals surface area contributed by atoms with Gasteiger partial charge in [0.2, 0.25) is 5.91 Å². The predicted octanol–water partition coefficient (Wildman–Crippen LogP) is 3.93. The molecule has 0 aromatic heterocycles. The van der Waals surface area contributed by atoms with Crippen molar-refractivity contribution in [3.63, 3.8) is 0 Å². The lowest BCUT2D eigenvalue weighted by Gasteiger charge is -2.14. The Bertz CT molecular complexity index is 485. The monoisotopic (exact) mass is 305 g/mol. The Balaban J connectivity index is 2.59. The van der Waals surface area contributed by atoms with Gasteiger partial charge < -0.3 is 10.5 Å². The molecule has 22 heavy (non-hydrogen) atoms. The average molecular weight is 305 g/mol.